The molecule has 0 aliphatic heterocycles. The lowest BCUT2D eigenvalue weighted by Gasteiger charge is -1.90. The molecule has 0 bridgehead atoms. The summed E-state index contributed by atoms with van der Waals surface area (Å²) in [6, 6.07) is 0. The van der Waals surface area contributed by atoms with Crippen LogP contribution in [0.5, 0.6) is 0 Å². The minimum Gasteiger partial charge on any atom is -0.0875 e. The summed E-state index contributed by atoms with van der Waals surface area (Å²) in [7, 11) is 0. The third kappa shape index (κ3) is 0.592. The van der Waals surface area contributed by atoms with Gasteiger partial charge < -0.3 is 0 Å². The van der Waals surface area contributed by atoms with E-state index in [9.17, 15) is 0 Å². The molecule has 2 aliphatic carbocycles. The van der Waals surface area contributed by atoms with Crippen LogP contribution in [0.25, 0.3) is 0 Å². The molecule has 2 atom stereocenters. The van der Waals surface area contributed by atoms with E-state index in [0.717, 1.165) is 11.8 Å². The lowest BCUT2D eigenvalue weighted by molar-refractivity contribution is 0.846. The Kier molecular flexibility index (Phi) is 0.879. The van der Waals surface area contributed by atoms with Gasteiger partial charge in [0.2, 0.25) is 0 Å². The van der Waals surface area contributed by atoms with E-state index in [1.54, 1.807) is 11.1 Å². The molecule has 2 rings (SSSR count). The Labute approximate surface area is 56.3 Å². The second-order valence-electron chi connectivity index (χ2n) is 3.14. The minimum atomic E-state index is 0.870. The molecule has 2 aliphatic rings. The van der Waals surface area contributed by atoms with Crippen molar-refractivity contribution in [2.24, 2.45) is 11.8 Å². The molecule has 0 heterocycles. The van der Waals surface area contributed by atoms with Crippen LogP contribution < -0.4 is 0 Å². The fourth-order valence-corrected chi connectivity index (χ4v) is 1.95. The van der Waals surface area contributed by atoms with Crippen molar-refractivity contribution in [3.63, 3.8) is 0 Å². The molecule has 0 aromatic carbocycles. The van der Waals surface area contributed by atoms with Crippen LogP contribution >= 0.6 is 0 Å². The zero-order chi connectivity index (χ0) is 6.43. The predicted octanol–water partition coefficient (Wildman–Crippen LogP) is 2.53. The van der Waals surface area contributed by atoms with Gasteiger partial charge in [0.1, 0.15) is 0 Å². The van der Waals surface area contributed by atoms with Crippen LogP contribution in [0.1, 0.15) is 20.3 Å². The molecule has 1 fully saturated rings. The van der Waals surface area contributed by atoms with Crippen LogP contribution in [0, 0.1) is 11.8 Å². The first kappa shape index (κ1) is 5.28. The Morgan fingerprint density at radius 2 is 2.44 bits per heavy atom. The molecular weight excluding hydrogens is 108 g/mol. The molecule has 0 radical (unpaired) electrons. The van der Waals surface area contributed by atoms with Gasteiger partial charge >= 0.3 is 0 Å². The fraction of sp³-hybridized carbons (Fsp3) is 0.556. The Morgan fingerprint density at radius 1 is 1.67 bits per heavy atom. The monoisotopic (exact) mass is 120 g/mol. The van der Waals surface area contributed by atoms with Crippen LogP contribution in [-0.2, 0) is 0 Å². The number of hydrogen-bond acceptors (Lipinski definition) is 0. The topological polar surface area (TPSA) is 0 Å². The summed E-state index contributed by atoms with van der Waals surface area (Å²) >= 11 is 0. The van der Waals surface area contributed by atoms with Gasteiger partial charge in [-0.3, -0.25) is 0 Å². The maximum absolute atomic E-state index is 2.42. The smallest absolute Gasteiger partial charge is 0.00512 e. The average Bonchev–Trinajstić information content (AvgIpc) is 2.30. The zero-order valence-corrected chi connectivity index (χ0v) is 6.02. The average molecular weight is 120 g/mol. The van der Waals surface area contributed by atoms with Gasteiger partial charge in [-0.2, -0.15) is 0 Å². The lowest BCUT2D eigenvalue weighted by Crippen LogP contribution is -1.72. The van der Waals surface area contributed by atoms with Gasteiger partial charge in [0, 0.05) is 5.92 Å². The summed E-state index contributed by atoms with van der Waals surface area (Å²) in [5.41, 5.74) is 3.27. The summed E-state index contributed by atoms with van der Waals surface area (Å²) in [5, 5.41) is 0. The summed E-state index contributed by atoms with van der Waals surface area (Å²) in [4.78, 5) is 0. The third-order valence-electron chi connectivity index (χ3n) is 2.48. The van der Waals surface area contributed by atoms with Crippen LogP contribution in [0.3, 0.4) is 0 Å². The highest BCUT2D eigenvalue weighted by Crippen LogP contribution is 2.55. The van der Waals surface area contributed by atoms with Crippen molar-refractivity contribution in [1.82, 2.24) is 0 Å². The molecule has 48 valence electrons. The van der Waals surface area contributed by atoms with Gasteiger partial charge in [-0.25, -0.2) is 0 Å². The molecule has 0 nitrogen and oxygen atoms in total. The summed E-state index contributed by atoms with van der Waals surface area (Å²) in [6.07, 6.45) is 6.03. The van der Waals surface area contributed by atoms with E-state index in [2.05, 4.69) is 26.0 Å². The summed E-state index contributed by atoms with van der Waals surface area (Å²) in [5.74, 6) is 1.81. The molecule has 1 saturated carbocycles. The van der Waals surface area contributed by atoms with E-state index < -0.39 is 0 Å². The van der Waals surface area contributed by atoms with E-state index in [0.29, 0.717) is 0 Å². The van der Waals surface area contributed by atoms with Crippen molar-refractivity contribution < 1.29 is 0 Å². The van der Waals surface area contributed by atoms with Crippen LogP contribution in [0.15, 0.2) is 23.3 Å². The highest BCUT2D eigenvalue weighted by atomic mass is 14.5. The van der Waals surface area contributed by atoms with Gasteiger partial charge in [0.15, 0.2) is 0 Å². The van der Waals surface area contributed by atoms with Crippen molar-refractivity contribution in [2.45, 2.75) is 20.3 Å². The molecule has 0 N–H and O–H groups in total. The van der Waals surface area contributed by atoms with Gasteiger partial charge in [-0.1, -0.05) is 23.3 Å². The van der Waals surface area contributed by atoms with Crippen LogP contribution in [0.4, 0.5) is 0 Å². The molecule has 9 heavy (non-hydrogen) atoms. The normalized spacial score (nSPS) is 42.9. The maximum atomic E-state index is 2.42. The van der Waals surface area contributed by atoms with Crippen molar-refractivity contribution in [3.8, 4) is 0 Å². The zero-order valence-electron chi connectivity index (χ0n) is 6.02. The number of allylic oxidation sites excluding steroid dienone is 4. The van der Waals surface area contributed by atoms with E-state index in [1.165, 1.54) is 6.42 Å². The van der Waals surface area contributed by atoms with E-state index in [-0.39, 0.29) is 0 Å². The van der Waals surface area contributed by atoms with E-state index in [4.69, 9.17) is 0 Å². The van der Waals surface area contributed by atoms with Crippen molar-refractivity contribution in [2.75, 3.05) is 0 Å². The molecule has 1 unspecified atom stereocenters. The van der Waals surface area contributed by atoms with Crippen molar-refractivity contribution >= 4 is 0 Å². The second kappa shape index (κ2) is 1.50. The van der Waals surface area contributed by atoms with Crippen molar-refractivity contribution in [3.05, 3.63) is 23.3 Å². The number of hydrogen-bond donors (Lipinski definition) is 0. The Balaban J connectivity index is 2.21. The van der Waals surface area contributed by atoms with Crippen LogP contribution in [-0.4, -0.2) is 0 Å². The van der Waals surface area contributed by atoms with Crippen molar-refractivity contribution in [1.29, 1.82) is 0 Å². The first-order valence-electron chi connectivity index (χ1n) is 3.66. The van der Waals surface area contributed by atoms with Gasteiger partial charge in [0.05, 0.1) is 0 Å². The van der Waals surface area contributed by atoms with E-state index >= 15 is 0 Å². The molecule has 0 amide bonds. The highest BCUT2D eigenvalue weighted by Gasteiger charge is 2.44. The van der Waals surface area contributed by atoms with Crippen LogP contribution in [0.2, 0.25) is 0 Å². The summed E-state index contributed by atoms with van der Waals surface area (Å²) in [6.45, 7) is 4.39. The largest absolute Gasteiger partial charge is 0.0875 e. The molecule has 0 spiro atoms. The molecule has 0 saturated heterocycles. The minimum absolute atomic E-state index is 0.870. The first-order valence-corrected chi connectivity index (χ1v) is 3.66. The third-order valence-corrected chi connectivity index (χ3v) is 2.48. The number of rotatable bonds is 0. The Hall–Kier alpha value is -0.520. The fourth-order valence-electron chi connectivity index (χ4n) is 1.95. The SMILES string of the molecule is C/C=C1/C2CC(C)=C[C@H]12. The highest BCUT2D eigenvalue weighted by molar-refractivity contribution is 5.41. The predicted molar refractivity (Wildman–Crippen MR) is 39.1 cm³/mol. The number of fused-ring (bicyclic) bond motifs is 1. The molecular formula is C9H12. The molecule has 0 aromatic rings. The summed E-state index contributed by atoms with van der Waals surface area (Å²) < 4.78 is 0. The Morgan fingerprint density at radius 3 is 2.89 bits per heavy atom. The quantitative estimate of drug-likeness (QED) is 0.431. The first-order chi connectivity index (χ1) is 4.33. The standard InChI is InChI=1S/C9H12/c1-3-7-8-4-6(2)5-9(7)8/h3-4,8-9H,5H2,1-2H3/b7-3+/t8-,9?/m1/s1. The maximum Gasteiger partial charge on any atom is 0.00512 e. The van der Waals surface area contributed by atoms with Gasteiger partial charge in [0.25, 0.3) is 0 Å². The molecule has 0 heteroatoms. The van der Waals surface area contributed by atoms with Gasteiger partial charge in [-0.05, 0) is 26.2 Å². The molecule has 0 aromatic heterocycles. The van der Waals surface area contributed by atoms with E-state index in [1.807, 2.05) is 0 Å². The Bertz CT molecular complexity index is 196. The lowest BCUT2D eigenvalue weighted by atomic mass is 10.2. The van der Waals surface area contributed by atoms with Gasteiger partial charge in [-0.15, -0.1) is 0 Å². The second-order valence-corrected chi connectivity index (χ2v) is 3.14.